The largest absolute Gasteiger partial charge is 0.355 e. The minimum atomic E-state index is -0.543. The van der Waals surface area contributed by atoms with Crippen LogP contribution in [0.1, 0.15) is 18.4 Å². The summed E-state index contributed by atoms with van der Waals surface area (Å²) in [5.74, 6) is 1.04. The lowest BCUT2D eigenvalue weighted by Gasteiger charge is -2.32. The molecule has 0 atom stereocenters. The molecule has 0 aromatic carbocycles. The highest BCUT2D eigenvalue weighted by Gasteiger charge is 2.22. The zero-order valence-corrected chi connectivity index (χ0v) is 10.5. The van der Waals surface area contributed by atoms with Gasteiger partial charge in [0, 0.05) is 19.2 Å². The zero-order valence-electron chi connectivity index (χ0n) is 10.5. The molecule has 1 aliphatic heterocycles. The summed E-state index contributed by atoms with van der Waals surface area (Å²) >= 11 is 0. The van der Waals surface area contributed by atoms with E-state index in [1.54, 1.807) is 0 Å². The third-order valence-corrected chi connectivity index (χ3v) is 3.43. The zero-order chi connectivity index (χ0) is 13.8. The van der Waals surface area contributed by atoms with E-state index >= 15 is 0 Å². The van der Waals surface area contributed by atoms with Gasteiger partial charge in [-0.2, -0.15) is 5.26 Å². The Kier molecular flexibility index (Phi) is 3.92. The van der Waals surface area contributed by atoms with Gasteiger partial charge < -0.3 is 10.6 Å². The second kappa shape index (κ2) is 5.63. The molecule has 7 heteroatoms. The molecule has 0 bridgehead atoms. The number of rotatable bonds is 3. The van der Waals surface area contributed by atoms with Gasteiger partial charge in [0.25, 0.3) is 5.69 Å². The van der Waals surface area contributed by atoms with Crippen LogP contribution in [0, 0.1) is 27.4 Å². The second-order valence-electron chi connectivity index (χ2n) is 4.60. The molecule has 0 radical (unpaired) electrons. The van der Waals surface area contributed by atoms with Crippen LogP contribution in [-0.4, -0.2) is 29.5 Å². The maximum absolute atomic E-state index is 10.7. The van der Waals surface area contributed by atoms with Crippen molar-refractivity contribution in [2.24, 2.45) is 11.7 Å². The average molecular weight is 261 g/mol. The van der Waals surface area contributed by atoms with Crippen LogP contribution < -0.4 is 10.6 Å². The van der Waals surface area contributed by atoms with Crippen molar-refractivity contribution in [1.29, 1.82) is 5.26 Å². The van der Waals surface area contributed by atoms with Crippen molar-refractivity contribution in [2.75, 3.05) is 24.5 Å². The normalized spacial score (nSPS) is 16.1. The minimum Gasteiger partial charge on any atom is -0.355 e. The van der Waals surface area contributed by atoms with Crippen molar-refractivity contribution < 1.29 is 4.92 Å². The number of anilines is 1. The van der Waals surface area contributed by atoms with E-state index in [9.17, 15) is 10.1 Å². The van der Waals surface area contributed by atoms with Crippen LogP contribution in [-0.2, 0) is 0 Å². The fraction of sp³-hybridized carbons (Fsp3) is 0.500. The summed E-state index contributed by atoms with van der Waals surface area (Å²) in [6, 6.07) is 3.26. The predicted octanol–water partition coefficient (Wildman–Crippen LogP) is 1.04. The first kappa shape index (κ1) is 13.2. The van der Waals surface area contributed by atoms with Gasteiger partial charge in [0.1, 0.15) is 23.6 Å². The number of piperidine rings is 1. The number of hydrogen-bond acceptors (Lipinski definition) is 6. The topological polar surface area (TPSA) is 109 Å². The second-order valence-corrected chi connectivity index (χ2v) is 4.60. The number of nitrogens with zero attached hydrogens (tertiary/aromatic N) is 4. The number of hydrogen-bond donors (Lipinski definition) is 1. The Morgan fingerprint density at radius 3 is 2.79 bits per heavy atom. The third kappa shape index (κ3) is 2.80. The molecule has 1 fully saturated rings. The van der Waals surface area contributed by atoms with Crippen LogP contribution in [0.2, 0.25) is 0 Å². The van der Waals surface area contributed by atoms with Gasteiger partial charge in [-0.15, -0.1) is 0 Å². The molecule has 0 spiro atoms. The Balaban J connectivity index is 2.21. The summed E-state index contributed by atoms with van der Waals surface area (Å²) in [6.45, 7) is 2.23. The third-order valence-electron chi connectivity index (χ3n) is 3.43. The van der Waals surface area contributed by atoms with Crippen molar-refractivity contribution in [3.63, 3.8) is 0 Å². The summed E-state index contributed by atoms with van der Waals surface area (Å²) < 4.78 is 0. The number of nitrogens with two attached hydrogens (primary N) is 1. The quantitative estimate of drug-likeness (QED) is 0.643. The van der Waals surface area contributed by atoms with E-state index < -0.39 is 4.92 Å². The molecule has 2 rings (SSSR count). The Morgan fingerprint density at radius 2 is 2.26 bits per heavy atom. The summed E-state index contributed by atoms with van der Waals surface area (Å²) in [5, 5.41) is 19.8. The van der Waals surface area contributed by atoms with Crippen LogP contribution in [0.3, 0.4) is 0 Å². The van der Waals surface area contributed by atoms with E-state index in [4.69, 9.17) is 11.0 Å². The van der Waals surface area contributed by atoms with Crippen molar-refractivity contribution in [2.45, 2.75) is 12.8 Å². The van der Waals surface area contributed by atoms with E-state index in [1.807, 2.05) is 11.0 Å². The van der Waals surface area contributed by atoms with Crippen LogP contribution in [0.15, 0.2) is 12.3 Å². The van der Waals surface area contributed by atoms with Gasteiger partial charge >= 0.3 is 0 Å². The van der Waals surface area contributed by atoms with E-state index in [0.717, 1.165) is 25.9 Å². The van der Waals surface area contributed by atoms with Crippen LogP contribution in [0.5, 0.6) is 0 Å². The highest BCUT2D eigenvalue weighted by Crippen LogP contribution is 2.26. The van der Waals surface area contributed by atoms with Gasteiger partial charge in [0.15, 0.2) is 0 Å². The summed E-state index contributed by atoms with van der Waals surface area (Å²) in [6.07, 6.45) is 3.12. The fourth-order valence-electron chi connectivity index (χ4n) is 2.26. The molecule has 100 valence electrons. The van der Waals surface area contributed by atoms with Gasteiger partial charge in [0.05, 0.1) is 4.92 Å². The Hall–Kier alpha value is -2.20. The molecule has 1 aliphatic rings. The van der Waals surface area contributed by atoms with Crippen LogP contribution in [0.25, 0.3) is 0 Å². The SMILES string of the molecule is N#Cc1cc([N+](=O)[O-])cnc1N1CCC(CN)CC1. The standard InChI is InChI=1S/C12H15N5O2/c13-6-9-1-3-16(4-2-9)12-10(7-14)5-11(8-15-12)17(18)19/h5,8-9H,1-4,6,13H2. The first-order chi connectivity index (χ1) is 9.15. The van der Waals surface area contributed by atoms with Gasteiger partial charge in [-0.3, -0.25) is 10.1 Å². The van der Waals surface area contributed by atoms with Crippen LogP contribution in [0.4, 0.5) is 11.5 Å². The molecule has 2 N–H and O–H groups in total. The monoisotopic (exact) mass is 261 g/mol. The van der Waals surface area contributed by atoms with Crippen molar-refractivity contribution in [1.82, 2.24) is 4.98 Å². The van der Waals surface area contributed by atoms with Crippen molar-refractivity contribution in [3.05, 3.63) is 27.9 Å². The summed E-state index contributed by atoms with van der Waals surface area (Å²) in [4.78, 5) is 16.2. The van der Waals surface area contributed by atoms with Gasteiger partial charge in [-0.05, 0) is 25.3 Å². The molecule has 0 unspecified atom stereocenters. The molecule has 1 aromatic heterocycles. The molecule has 2 heterocycles. The predicted molar refractivity (Wildman–Crippen MR) is 69.6 cm³/mol. The Morgan fingerprint density at radius 1 is 1.58 bits per heavy atom. The Labute approximate surface area is 110 Å². The van der Waals surface area contributed by atoms with Crippen LogP contribution >= 0.6 is 0 Å². The lowest BCUT2D eigenvalue weighted by Crippen LogP contribution is -2.37. The van der Waals surface area contributed by atoms with Gasteiger partial charge in [0.2, 0.25) is 0 Å². The summed E-state index contributed by atoms with van der Waals surface area (Å²) in [7, 11) is 0. The van der Waals surface area contributed by atoms with E-state index in [1.165, 1.54) is 12.3 Å². The van der Waals surface area contributed by atoms with Crippen molar-refractivity contribution in [3.8, 4) is 6.07 Å². The van der Waals surface area contributed by atoms with E-state index in [2.05, 4.69) is 4.98 Å². The lowest BCUT2D eigenvalue weighted by molar-refractivity contribution is -0.385. The van der Waals surface area contributed by atoms with Crippen molar-refractivity contribution >= 4 is 11.5 Å². The molecule has 1 saturated heterocycles. The summed E-state index contributed by atoms with van der Waals surface area (Å²) in [5.41, 5.74) is 5.73. The number of nitriles is 1. The molecule has 19 heavy (non-hydrogen) atoms. The molecular formula is C12H15N5O2. The fourth-order valence-corrected chi connectivity index (χ4v) is 2.26. The minimum absolute atomic E-state index is 0.155. The average Bonchev–Trinajstić information content (AvgIpc) is 2.46. The molecule has 0 saturated carbocycles. The molecule has 0 aliphatic carbocycles. The van der Waals surface area contributed by atoms with E-state index in [-0.39, 0.29) is 11.3 Å². The molecular weight excluding hydrogens is 246 g/mol. The molecule has 1 aromatic rings. The maximum atomic E-state index is 10.7. The first-order valence-corrected chi connectivity index (χ1v) is 6.15. The number of aromatic nitrogens is 1. The smallest absolute Gasteiger partial charge is 0.289 e. The highest BCUT2D eigenvalue weighted by molar-refractivity contribution is 5.57. The Bertz CT molecular complexity index is 517. The molecule has 7 nitrogen and oxygen atoms in total. The number of pyridine rings is 1. The van der Waals surface area contributed by atoms with E-state index in [0.29, 0.717) is 18.3 Å². The van der Waals surface area contributed by atoms with Gasteiger partial charge in [-0.1, -0.05) is 0 Å². The first-order valence-electron chi connectivity index (χ1n) is 6.15. The highest BCUT2D eigenvalue weighted by atomic mass is 16.6. The maximum Gasteiger partial charge on any atom is 0.289 e. The number of nitro groups is 1. The van der Waals surface area contributed by atoms with Gasteiger partial charge in [-0.25, -0.2) is 4.98 Å². The lowest BCUT2D eigenvalue weighted by atomic mass is 9.97. The molecule has 0 amide bonds.